The Morgan fingerprint density at radius 2 is 1.77 bits per heavy atom. The molecule has 40 heavy (non-hydrogen) atoms. The highest BCUT2D eigenvalue weighted by molar-refractivity contribution is 5.95. The van der Waals surface area contributed by atoms with Gasteiger partial charge < -0.3 is 26.6 Å². The van der Waals surface area contributed by atoms with Gasteiger partial charge in [0.2, 0.25) is 23.6 Å². The van der Waals surface area contributed by atoms with Crippen molar-refractivity contribution < 1.29 is 19.2 Å². The first-order chi connectivity index (χ1) is 19.1. The Morgan fingerprint density at radius 1 is 1.07 bits per heavy atom. The molecule has 0 bridgehead atoms. The second-order valence-electron chi connectivity index (χ2n) is 11.2. The monoisotopic (exact) mass is 552 g/mol. The molecule has 1 saturated carbocycles. The summed E-state index contributed by atoms with van der Waals surface area (Å²) in [6.07, 6.45) is 4.56. The summed E-state index contributed by atoms with van der Waals surface area (Å²) < 4.78 is 1.72. The lowest BCUT2D eigenvalue weighted by molar-refractivity contribution is -0.143. The predicted molar refractivity (Wildman–Crippen MR) is 148 cm³/mol. The maximum absolute atomic E-state index is 13.9. The average molecular weight is 553 g/mol. The number of hydrogen-bond acceptors (Lipinski definition) is 7. The van der Waals surface area contributed by atoms with Crippen molar-refractivity contribution >= 4 is 23.6 Å². The van der Waals surface area contributed by atoms with E-state index in [0.29, 0.717) is 5.92 Å². The standard InChI is InChI=1S/C28H40N8O4/c1-16(2)24(32-26(38)17(3)30-4)28(40)35-14-20(36-15-22(33-34-36)19-10-11-19)13-23(35)27(39)31-21(25(29)37)12-18-8-6-5-7-9-18/h5-9,15-17,19-21,23-24,30H,10-14H2,1-4H3,(H2,29,37)(H,31,39)(H,32,38)/t17-,20-,21-,23-,24-/m0/s1. The van der Waals surface area contributed by atoms with Crippen molar-refractivity contribution in [3.63, 3.8) is 0 Å². The summed E-state index contributed by atoms with van der Waals surface area (Å²) in [5.74, 6) is -1.63. The number of rotatable bonds is 12. The average Bonchev–Trinajstić information content (AvgIpc) is 3.49. The molecule has 1 aromatic carbocycles. The zero-order valence-corrected chi connectivity index (χ0v) is 23.5. The quantitative estimate of drug-likeness (QED) is 0.293. The summed E-state index contributed by atoms with van der Waals surface area (Å²) >= 11 is 0. The van der Waals surface area contributed by atoms with E-state index in [4.69, 9.17) is 5.73 Å². The van der Waals surface area contributed by atoms with Crippen molar-refractivity contribution in [1.29, 1.82) is 0 Å². The second kappa shape index (κ2) is 12.6. The Hall–Kier alpha value is -3.80. The molecule has 2 aliphatic rings. The molecule has 216 valence electrons. The minimum absolute atomic E-state index is 0.213. The van der Waals surface area contributed by atoms with E-state index in [1.807, 2.05) is 50.4 Å². The number of likely N-dealkylation sites (tertiary alicyclic amines) is 1. The first kappa shape index (κ1) is 29.2. The number of primary amides is 1. The van der Waals surface area contributed by atoms with Crippen LogP contribution in [0, 0.1) is 5.92 Å². The van der Waals surface area contributed by atoms with E-state index < -0.39 is 36.0 Å². The number of nitrogens with two attached hydrogens (primary N) is 1. The zero-order valence-electron chi connectivity index (χ0n) is 23.5. The van der Waals surface area contributed by atoms with E-state index in [0.717, 1.165) is 24.1 Å². The third-order valence-corrected chi connectivity index (χ3v) is 7.76. The number of likely N-dealkylation sites (N-methyl/N-ethyl adjacent to an activating group) is 1. The van der Waals surface area contributed by atoms with Crippen LogP contribution in [0.25, 0.3) is 0 Å². The summed E-state index contributed by atoms with van der Waals surface area (Å²) in [6.45, 7) is 5.61. The minimum atomic E-state index is -0.948. The van der Waals surface area contributed by atoms with Gasteiger partial charge in [-0.3, -0.25) is 19.2 Å². The molecule has 2 aromatic rings. The Kier molecular flexibility index (Phi) is 9.18. The molecule has 5 atom stereocenters. The van der Waals surface area contributed by atoms with Gasteiger partial charge in [-0.25, -0.2) is 4.68 Å². The number of nitrogens with zero attached hydrogens (tertiary/aromatic N) is 4. The predicted octanol–water partition coefficient (Wildman–Crippen LogP) is 0.259. The molecular formula is C28H40N8O4. The number of nitrogens with one attached hydrogen (secondary N) is 3. The van der Waals surface area contributed by atoms with Gasteiger partial charge in [-0.05, 0) is 38.3 Å². The van der Waals surface area contributed by atoms with Crippen LogP contribution in [0.4, 0.5) is 0 Å². The Labute approximate surface area is 234 Å². The number of carbonyl (C=O) groups is 4. The molecule has 1 aliphatic carbocycles. The van der Waals surface area contributed by atoms with Crippen LogP contribution in [0.15, 0.2) is 36.5 Å². The Morgan fingerprint density at radius 3 is 2.38 bits per heavy atom. The van der Waals surface area contributed by atoms with Crippen LogP contribution in [0.3, 0.4) is 0 Å². The molecule has 1 saturated heterocycles. The number of aromatic nitrogens is 3. The lowest BCUT2D eigenvalue weighted by atomic mass is 10.0. The SMILES string of the molecule is CN[C@@H](C)C(=O)N[C@H](C(=O)N1C[C@@H](n2cc(C3CC3)nn2)C[C@H]1C(=O)N[C@@H](Cc1ccccc1)C(N)=O)C(C)C. The van der Waals surface area contributed by atoms with Gasteiger partial charge in [0, 0.05) is 31.5 Å². The molecule has 1 aromatic heterocycles. The van der Waals surface area contributed by atoms with E-state index in [9.17, 15) is 19.2 Å². The summed E-state index contributed by atoms with van der Waals surface area (Å²) in [7, 11) is 1.67. The number of carbonyl (C=O) groups excluding carboxylic acids is 4. The maximum Gasteiger partial charge on any atom is 0.246 e. The highest BCUT2D eigenvalue weighted by Crippen LogP contribution is 2.39. The van der Waals surface area contributed by atoms with Crippen LogP contribution >= 0.6 is 0 Å². The normalized spacial score (nSPS) is 21.1. The largest absolute Gasteiger partial charge is 0.368 e. The highest BCUT2D eigenvalue weighted by Gasteiger charge is 2.44. The number of benzene rings is 1. The molecule has 0 spiro atoms. The molecule has 0 unspecified atom stereocenters. The summed E-state index contributed by atoms with van der Waals surface area (Å²) in [5, 5.41) is 17.1. The van der Waals surface area contributed by atoms with Gasteiger partial charge in [0.1, 0.15) is 18.1 Å². The van der Waals surface area contributed by atoms with Crippen LogP contribution in [0.1, 0.15) is 63.3 Å². The van der Waals surface area contributed by atoms with Crippen molar-refractivity contribution in [3.05, 3.63) is 47.8 Å². The Bertz CT molecular complexity index is 1210. The van der Waals surface area contributed by atoms with Crippen molar-refractivity contribution in [3.8, 4) is 0 Å². The molecule has 12 heteroatoms. The summed E-state index contributed by atoms with van der Waals surface area (Å²) in [6, 6.07) is 5.81. The Balaban J connectivity index is 1.57. The van der Waals surface area contributed by atoms with Crippen molar-refractivity contribution in [2.45, 2.75) is 82.6 Å². The van der Waals surface area contributed by atoms with E-state index in [-0.39, 0.29) is 43.2 Å². The highest BCUT2D eigenvalue weighted by atomic mass is 16.2. The van der Waals surface area contributed by atoms with Gasteiger partial charge in [0.15, 0.2) is 0 Å². The van der Waals surface area contributed by atoms with Crippen molar-refractivity contribution in [1.82, 2.24) is 35.8 Å². The van der Waals surface area contributed by atoms with Gasteiger partial charge >= 0.3 is 0 Å². The van der Waals surface area contributed by atoms with E-state index in [1.165, 1.54) is 4.90 Å². The van der Waals surface area contributed by atoms with Gasteiger partial charge in [0.25, 0.3) is 0 Å². The van der Waals surface area contributed by atoms with Gasteiger partial charge in [0.05, 0.1) is 17.8 Å². The van der Waals surface area contributed by atoms with Crippen molar-refractivity contribution in [2.24, 2.45) is 11.7 Å². The van der Waals surface area contributed by atoms with Gasteiger partial charge in [-0.15, -0.1) is 5.10 Å². The van der Waals surface area contributed by atoms with Crippen LogP contribution in [-0.4, -0.2) is 81.3 Å². The molecule has 12 nitrogen and oxygen atoms in total. The molecule has 2 fully saturated rings. The number of hydrogen-bond donors (Lipinski definition) is 4. The van der Waals surface area contributed by atoms with E-state index in [1.54, 1.807) is 18.7 Å². The molecule has 4 rings (SSSR count). The fourth-order valence-corrected chi connectivity index (χ4v) is 4.97. The molecule has 4 amide bonds. The zero-order chi connectivity index (χ0) is 29.0. The van der Waals surface area contributed by atoms with Gasteiger partial charge in [-0.1, -0.05) is 49.4 Å². The molecule has 1 aliphatic heterocycles. The molecule has 5 N–H and O–H groups in total. The van der Waals surface area contributed by atoms with Crippen molar-refractivity contribution in [2.75, 3.05) is 13.6 Å². The lowest BCUT2D eigenvalue weighted by Gasteiger charge is -2.31. The van der Waals surface area contributed by atoms with E-state index >= 15 is 0 Å². The first-order valence-corrected chi connectivity index (χ1v) is 13.9. The second-order valence-corrected chi connectivity index (χ2v) is 11.2. The smallest absolute Gasteiger partial charge is 0.246 e. The fraction of sp³-hybridized carbons (Fsp3) is 0.571. The topological polar surface area (TPSA) is 164 Å². The molecule has 2 heterocycles. The third kappa shape index (κ3) is 6.85. The van der Waals surface area contributed by atoms with Gasteiger partial charge in [-0.2, -0.15) is 0 Å². The maximum atomic E-state index is 13.9. The summed E-state index contributed by atoms with van der Waals surface area (Å²) in [5.41, 5.74) is 7.42. The minimum Gasteiger partial charge on any atom is -0.368 e. The van der Waals surface area contributed by atoms with E-state index in [2.05, 4.69) is 26.3 Å². The van der Waals surface area contributed by atoms with Crippen LogP contribution in [-0.2, 0) is 25.6 Å². The number of amides is 4. The molecule has 0 radical (unpaired) electrons. The van der Waals surface area contributed by atoms with Crippen LogP contribution in [0.5, 0.6) is 0 Å². The lowest BCUT2D eigenvalue weighted by Crippen LogP contribution is -2.58. The molecular weight excluding hydrogens is 512 g/mol. The third-order valence-electron chi connectivity index (χ3n) is 7.76. The first-order valence-electron chi connectivity index (χ1n) is 13.9. The fourth-order valence-electron chi connectivity index (χ4n) is 4.97. The van der Waals surface area contributed by atoms with Crippen LogP contribution in [0.2, 0.25) is 0 Å². The van der Waals surface area contributed by atoms with Crippen LogP contribution < -0.4 is 21.7 Å². The summed E-state index contributed by atoms with van der Waals surface area (Å²) in [4.78, 5) is 54.1.